The molecule has 0 atom stereocenters. The van der Waals surface area contributed by atoms with Crippen LogP contribution in [0.3, 0.4) is 0 Å². The summed E-state index contributed by atoms with van der Waals surface area (Å²) >= 11 is 0. The van der Waals surface area contributed by atoms with Crippen molar-refractivity contribution < 1.29 is 9.59 Å². The van der Waals surface area contributed by atoms with Crippen molar-refractivity contribution in [2.45, 2.75) is 6.54 Å². The lowest BCUT2D eigenvalue weighted by atomic mass is 10.2. The van der Waals surface area contributed by atoms with Gasteiger partial charge in [0.1, 0.15) is 0 Å². The van der Waals surface area contributed by atoms with Crippen LogP contribution in [0.1, 0.15) is 5.56 Å². The number of rotatable bonds is 2. The summed E-state index contributed by atoms with van der Waals surface area (Å²) in [6.07, 6.45) is 1.39. The number of benzene rings is 1. The highest BCUT2D eigenvalue weighted by Crippen LogP contribution is 1.96. The van der Waals surface area contributed by atoms with Gasteiger partial charge in [0.25, 0.3) is 0 Å². The normalized spacial score (nSPS) is 8.73. The average molecular weight is 203 g/mol. The lowest BCUT2D eigenvalue weighted by molar-refractivity contribution is -0.138. The molecule has 0 saturated carbocycles. The van der Waals surface area contributed by atoms with Gasteiger partial charge >= 0.3 is 11.8 Å². The van der Waals surface area contributed by atoms with E-state index >= 15 is 0 Å². The number of hydrogen-bond donors (Lipinski definition) is 2. The van der Waals surface area contributed by atoms with Crippen LogP contribution in [-0.2, 0) is 16.1 Å². The van der Waals surface area contributed by atoms with Crippen molar-refractivity contribution in [1.82, 2.24) is 10.6 Å². The Morgan fingerprint density at radius 1 is 1.20 bits per heavy atom. The second-order valence-electron chi connectivity index (χ2n) is 2.73. The zero-order valence-electron chi connectivity index (χ0n) is 7.86. The standard InChI is InChI=1S/C10H9N3O2/c11-7-13-10(15)9(14)12-6-8-4-2-1-3-5-8/h1-5H,6H2,(H,12,14)(H,13,15). The molecule has 76 valence electrons. The lowest BCUT2D eigenvalue weighted by Gasteiger charge is -2.02. The quantitative estimate of drug-likeness (QED) is 0.400. The molecule has 1 rings (SSSR count). The minimum absolute atomic E-state index is 0.262. The number of carbonyl (C=O) groups is 2. The van der Waals surface area contributed by atoms with Gasteiger partial charge in [0.05, 0.1) is 0 Å². The van der Waals surface area contributed by atoms with Crippen LogP contribution in [0.2, 0.25) is 0 Å². The van der Waals surface area contributed by atoms with Crippen molar-refractivity contribution in [3.63, 3.8) is 0 Å². The van der Waals surface area contributed by atoms with E-state index in [1.54, 1.807) is 5.32 Å². The topological polar surface area (TPSA) is 82.0 Å². The van der Waals surface area contributed by atoms with Crippen molar-refractivity contribution in [2.75, 3.05) is 0 Å². The fourth-order valence-corrected chi connectivity index (χ4v) is 0.966. The summed E-state index contributed by atoms with van der Waals surface area (Å²) in [6.45, 7) is 0.262. The summed E-state index contributed by atoms with van der Waals surface area (Å²) in [5.41, 5.74) is 0.885. The number of amides is 2. The molecule has 0 aliphatic carbocycles. The van der Waals surface area contributed by atoms with E-state index in [9.17, 15) is 9.59 Å². The molecule has 15 heavy (non-hydrogen) atoms. The highest BCUT2D eigenvalue weighted by Gasteiger charge is 2.11. The first kappa shape index (κ1) is 10.7. The van der Waals surface area contributed by atoms with E-state index in [0.717, 1.165) is 5.56 Å². The maximum atomic E-state index is 11.0. The van der Waals surface area contributed by atoms with Crippen LogP contribution in [-0.4, -0.2) is 11.8 Å². The minimum Gasteiger partial charge on any atom is -0.344 e. The van der Waals surface area contributed by atoms with Gasteiger partial charge < -0.3 is 5.32 Å². The lowest BCUT2D eigenvalue weighted by Crippen LogP contribution is -2.37. The van der Waals surface area contributed by atoms with Gasteiger partial charge in [-0.3, -0.25) is 14.9 Å². The molecule has 0 saturated heterocycles. The third-order valence-electron chi connectivity index (χ3n) is 1.67. The molecule has 0 unspecified atom stereocenters. The first-order valence-corrected chi connectivity index (χ1v) is 4.25. The Kier molecular flexibility index (Phi) is 3.86. The van der Waals surface area contributed by atoms with Crippen LogP contribution in [0.5, 0.6) is 0 Å². The maximum Gasteiger partial charge on any atom is 0.322 e. The van der Waals surface area contributed by atoms with E-state index in [1.165, 1.54) is 6.19 Å². The van der Waals surface area contributed by atoms with Gasteiger partial charge in [-0.1, -0.05) is 30.3 Å². The fraction of sp³-hybridized carbons (Fsp3) is 0.100. The molecule has 0 aliphatic rings. The average Bonchev–Trinajstić information content (AvgIpc) is 2.27. The summed E-state index contributed by atoms with van der Waals surface area (Å²) < 4.78 is 0. The Hall–Kier alpha value is -2.35. The highest BCUT2D eigenvalue weighted by molar-refractivity contribution is 6.35. The molecule has 0 bridgehead atoms. The molecule has 1 aromatic rings. The third kappa shape index (κ3) is 3.48. The van der Waals surface area contributed by atoms with Gasteiger partial charge in [0.15, 0.2) is 6.19 Å². The molecular formula is C10H9N3O2. The Morgan fingerprint density at radius 2 is 1.87 bits per heavy atom. The van der Waals surface area contributed by atoms with Gasteiger partial charge in [-0.25, -0.2) is 0 Å². The summed E-state index contributed by atoms with van der Waals surface area (Å²) in [7, 11) is 0. The summed E-state index contributed by atoms with van der Waals surface area (Å²) in [5, 5.41) is 12.2. The Labute approximate surface area is 86.7 Å². The molecule has 2 N–H and O–H groups in total. The van der Waals surface area contributed by atoms with Crippen molar-refractivity contribution in [3.8, 4) is 6.19 Å². The molecule has 2 amide bonds. The van der Waals surface area contributed by atoms with Gasteiger partial charge in [-0.15, -0.1) is 0 Å². The van der Waals surface area contributed by atoms with Crippen molar-refractivity contribution in [3.05, 3.63) is 35.9 Å². The van der Waals surface area contributed by atoms with Crippen LogP contribution in [0, 0.1) is 11.5 Å². The second-order valence-corrected chi connectivity index (χ2v) is 2.73. The second kappa shape index (κ2) is 5.40. The number of nitrogens with zero attached hydrogens (tertiary/aromatic N) is 1. The van der Waals surface area contributed by atoms with Gasteiger partial charge in [0.2, 0.25) is 0 Å². The molecule has 0 heterocycles. The predicted molar refractivity (Wildman–Crippen MR) is 52.0 cm³/mol. The van der Waals surface area contributed by atoms with Crippen LogP contribution in [0.15, 0.2) is 30.3 Å². The summed E-state index contributed by atoms with van der Waals surface area (Å²) in [5.74, 6) is -1.77. The van der Waals surface area contributed by atoms with Crippen molar-refractivity contribution >= 4 is 11.8 Å². The molecule has 0 spiro atoms. The number of nitrogens with one attached hydrogen (secondary N) is 2. The van der Waals surface area contributed by atoms with E-state index < -0.39 is 11.8 Å². The minimum atomic E-state index is -0.951. The van der Waals surface area contributed by atoms with Gasteiger partial charge in [-0.2, -0.15) is 5.26 Å². The summed E-state index contributed by atoms with van der Waals surface area (Å²) in [4.78, 5) is 21.9. The zero-order chi connectivity index (χ0) is 11.1. The van der Waals surface area contributed by atoms with E-state index in [0.29, 0.717) is 0 Å². The molecule has 0 aromatic heterocycles. The molecule has 0 aliphatic heterocycles. The monoisotopic (exact) mass is 203 g/mol. The van der Waals surface area contributed by atoms with Crippen LogP contribution in [0.4, 0.5) is 0 Å². The van der Waals surface area contributed by atoms with Crippen molar-refractivity contribution in [1.29, 1.82) is 5.26 Å². The van der Waals surface area contributed by atoms with Crippen LogP contribution < -0.4 is 10.6 Å². The SMILES string of the molecule is N#CNC(=O)C(=O)NCc1ccccc1. The highest BCUT2D eigenvalue weighted by atomic mass is 16.2. The predicted octanol–water partition coefficient (Wildman–Crippen LogP) is -0.0999. The third-order valence-corrected chi connectivity index (χ3v) is 1.67. The smallest absolute Gasteiger partial charge is 0.322 e. The number of hydrogen-bond acceptors (Lipinski definition) is 3. The Morgan fingerprint density at radius 3 is 2.47 bits per heavy atom. The van der Waals surface area contributed by atoms with E-state index in [2.05, 4.69) is 5.32 Å². The molecule has 1 aromatic carbocycles. The van der Waals surface area contributed by atoms with Gasteiger partial charge in [-0.05, 0) is 5.56 Å². The van der Waals surface area contributed by atoms with E-state index in [-0.39, 0.29) is 6.54 Å². The number of nitriles is 1. The molecule has 5 heteroatoms. The molecular weight excluding hydrogens is 194 g/mol. The first-order chi connectivity index (χ1) is 7.24. The zero-order valence-corrected chi connectivity index (χ0v) is 7.86. The van der Waals surface area contributed by atoms with Gasteiger partial charge in [0, 0.05) is 6.54 Å². The maximum absolute atomic E-state index is 11.0. The van der Waals surface area contributed by atoms with E-state index in [4.69, 9.17) is 5.26 Å². The fourth-order valence-electron chi connectivity index (χ4n) is 0.966. The molecule has 0 radical (unpaired) electrons. The Balaban J connectivity index is 2.42. The Bertz CT molecular complexity index is 395. The van der Waals surface area contributed by atoms with Crippen LogP contribution in [0.25, 0.3) is 0 Å². The van der Waals surface area contributed by atoms with E-state index in [1.807, 2.05) is 30.3 Å². The molecule has 0 fully saturated rings. The summed E-state index contributed by atoms with van der Waals surface area (Å²) in [6, 6.07) is 9.16. The first-order valence-electron chi connectivity index (χ1n) is 4.25. The number of carbonyl (C=O) groups excluding carboxylic acids is 2. The largest absolute Gasteiger partial charge is 0.344 e. The van der Waals surface area contributed by atoms with Crippen molar-refractivity contribution in [2.24, 2.45) is 0 Å². The van der Waals surface area contributed by atoms with Crippen LogP contribution >= 0.6 is 0 Å². The molecule has 5 nitrogen and oxygen atoms in total.